The Labute approximate surface area is 154 Å². The summed E-state index contributed by atoms with van der Waals surface area (Å²) >= 11 is 0. The molecule has 138 valence electrons. The highest BCUT2D eigenvalue weighted by Crippen LogP contribution is 2.40. The number of benzene rings is 1. The highest BCUT2D eigenvalue weighted by molar-refractivity contribution is 5.89. The lowest BCUT2D eigenvalue weighted by molar-refractivity contribution is -0.123. The van der Waals surface area contributed by atoms with Crippen LogP contribution in [-0.4, -0.2) is 37.8 Å². The fourth-order valence-electron chi connectivity index (χ4n) is 4.08. The van der Waals surface area contributed by atoms with Crippen LogP contribution in [0.5, 0.6) is 0 Å². The van der Waals surface area contributed by atoms with Crippen LogP contribution in [0.3, 0.4) is 0 Å². The van der Waals surface area contributed by atoms with Crippen molar-refractivity contribution in [3.8, 4) is 0 Å². The first-order chi connectivity index (χ1) is 13.1. The number of hydrogen-bond donors (Lipinski definition) is 0. The standard InChI is InChI=1S/C19H18N4O4/c1-11-21-17(24)16-18-22(10-20-16)15-8-7-13(23(11)18)14(27-15)9-26-19(25)12-5-3-2-4-6-12/h2-6,10,13-15H,7-9H2,1H3. The summed E-state index contributed by atoms with van der Waals surface area (Å²) in [6.45, 7) is 1.95. The van der Waals surface area contributed by atoms with Crippen molar-refractivity contribution in [2.75, 3.05) is 6.61 Å². The SMILES string of the molecule is Cc1nc(=O)c2ncn3c2n1C1CCC3OC1COC(=O)c1ccccc1. The Kier molecular flexibility index (Phi) is 3.61. The van der Waals surface area contributed by atoms with Crippen LogP contribution in [-0.2, 0) is 9.47 Å². The summed E-state index contributed by atoms with van der Waals surface area (Å²) in [7, 11) is 0. The van der Waals surface area contributed by atoms with Crippen molar-refractivity contribution in [3.63, 3.8) is 0 Å². The quantitative estimate of drug-likeness (QED) is 0.659. The number of esters is 1. The van der Waals surface area contributed by atoms with Crippen molar-refractivity contribution >= 4 is 17.1 Å². The fourth-order valence-corrected chi connectivity index (χ4v) is 4.08. The van der Waals surface area contributed by atoms with Gasteiger partial charge in [-0.1, -0.05) is 18.2 Å². The number of carbonyl (C=O) groups excluding carboxylic acids is 1. The van der Waals surface area contributed by atoms with Gasteiger partial charge >= 0.3 is 11.5 Å². The molecule has 2 bridgehead atoms. The maximum Gasteiger partial charge on any atom is 0.338 e. The molecular weight excluding hydrogens is 348 g/mol. The summed E-state index contributed by atoms with van der Waals surface area (Å²) < 4.78 is 15.6. The number of ether oxygens (including phenoxy) is 2. The van der Waals surface area contributed by atoms with Crippen LogP contribution < -0.4 is 5.56 Å². The molecule has 1 saturated heterocycles. The van der Waals surface area contributed by atoms with Gasteiger partial charge < -0.3 is 14.0 Å². The lowest BCUT2D eigenvalue weighted by atomic mass is 10.0. The second-order valence-electron chi connectivity index (χ2n) is 6.90. The second-order valence-corrected chi connectivity index (χ2v) is 6.90. The van der Waals surface area contributed by atoms with Crippen molar-refractivity contribution in [2.24, 2.45) is 0 Å². The molecule has 8 nitrogen and oxygen atoms in total. The van der Waals surface area contributed by atoms with Gasteiger partial charge in [-0.15, -0.1) is 0 Å². The van der Waals surface area contributed by atoms with Gasteiger partial charge in [0.2, 0.25) is 0 Å². The van der Waals surface area contributed by atoms with Gasteiger partial charge in [0.15, 0.2) is 5.52 Å². The van der Waals surface area contributed by atoms with E-state index in [9.17, 15) is 9.59 Å². The molecule has 3 unspecified atom stereocenters. The number of carbonyl (C=O) groups is 1. The first kappa shape index (κ1) is 16.2. The Hall–Kier alpha value is -3.00. The Bertz CT molecular complexity index is 1090. The van der Waals surface area contributed by atoms with Gasteiger partial charge in [-0.05, 0) is 31.9 Å². The molecular formula is C19H18N4O4. The van der Waals surface area contributed by atoms with Crippen LogP contribution in [0, 0.1) is 6.92 Å². The van der Waals surface area contributed by atoms with E-state index in [0.29, 0.717) is 16.9 Å². The molecule has 0 spiro atoms. The highest BCUT2D eigenvalue weighted by atomic mass is 16.6. The zero-order valence-electron chi connectivity index (χ0n) is 14.7. The fraction of sp³-hybridized carbons (Fsp3) is 0.368. The van der Waals surface area contributed by atoms with Gasteiger partial charge in [0.05, 0.1) is 17.9 Å². The summed E-state index contributed by atoms with van der Waals surface area (Å²) in [6.07, 6.45) is 2.73. The molecule has 0 radical (unpaired) electrons. The van der Waals surface area contributed by atoms with Crippen LogP contribution >= 0.6 is 0 Å². The monoisotopic (exact) mass is 366 g/mol. The lowest BCUT2D eigenvalue weighted by Gasteiger charge is -2.34. The van der Waals surface area contributed by atoms with Gasteiger partial charge in [-0.25, -0.2) is 9.78 Å². The van der Waals surface area contributed by atoms with Crippen LogP contribution in [0.1, 0.15) is 41.3 Å². The molecule has 3 aliphatic rings. The van der Waals surface area contributed by atoms with E-state index in [1.54, 1.807) is 30.6 Å². The molecule has 0 amide bonds. The summed E-state index contributed by atoms with van der Waals surface area (Å²) in [5, 5.41) is 0. The molecule has 0 saturated carbocycles. The lowest BCUT2D eigenvalue weighted by Crippen LogP contribution is -2.37. The van der Waals surface area contributed by atoms with Crippen LogP contribution in [0.2, 0.25) is 0 Å². The predicted molar refractivity (Wildman–Crippen MR) is 95.4 cm³/mol. The molecule has 27 heavy (non-hydrogen) atoms. The van der Waals surface area contributed by atoms with Crippen molar-refractivity contribution in [1.82, 2.24) is 19.1 Å². The summed E-state index contributed by atoms with van der Waals surface area (Å²) in [4.78, 5) is 32.8. The Balaban J connectivity index is 1.48. The van der Waals surface area contributed by atoms with E-state index in [-0.39, 0.29) is 36.5 Å². The molecule has 0 aliphatic carbocycles. The van der Waals surface area contributed by atoms with E-state index in [1.807, 2.05) is 22.1 Å². The van der Waals surface area contributed by atoms with Crippen LogP contribution in [0.15, 0.2) is 41.5 Å². The third-order valence-electron chi connectivity index (χ3n) is 5.31. The minimum absolute atomic E-state index is 0.0710. The van der Waals surface area contributed by atoms with Crippen molar-refractivity contribution < 1.29 is 14.3 Å². The molecule has 1 aromatic carbocycles. The van der Waals surface area contributed by atoms with Gasteiger partial charge in [0, 0.05) is 0 Å². The first-order valence-electron chi connectivity index (χ1n) is 8.97. The smallest absolute Gasteiger partial charge is 0.338 e. The third kappa shape index (κ3) is 2.48. The van der Waals surface area contributed by atoms with E-state index in [4.69, 9.17) is 9.47 Å². The second kappa shape index (κ2) is 6.02. The third-order valence-corrected chi connectivity index (χ3v) is 5.31. The van der Waals surface area contributed by atoms with Gasteiger partial charge in [0.1, 0.15) is 30.4 Å². The Morgan fingerprint density at radius 3 is 2.93 bits per heavy atom. The molecule has 8 heteroatoms. The molecule has 3 atom stereocenters. The van der Waals surface area contributed by atoms with E-state index in [1.165, 1.54) is 0 Å². The zero-order chi connectivity index (χ0) is 18.5. The molecule has 3 aliphatic heterocycles. The predicted octanol–water partition coefficient (Wildman–Crippen LogP) is 1.99. The number of imidazole rings is 1. The van der Waals surface area contributed by atoms with Crippen molar-refractivity contribution in [2.45, 2.75) is 38.1 Å². The van der Waals surface area contributed by atoms with Crippen molar-refractivity contribution in [3.05, 3.63) is 58.4 Å². The van der Waals surface area contributed by atoms with E-state index >= 15 is 0 Å². The normalized spacial score (nSPS) is 23.4. The number of rotatable bonds is 3. The Morgan fingerprint density at radius 1 is 1.30 bits per heavy atom. The van der Waals surface area contributed by atoms with Gasteiger partial charge in [-0.3, -0.25) is 9.36 Å². The molecule has 0 N–H and O–H groups in total. The Morgan fingerprint density at radius 2 is 2.11 bits per heavy atom. The topological polar surface area (TPSA) is 88.2 Å². The average molecular weight is 366 g/mol. The van der Waals surface area contributed by atoms with Gasteiger partial charge in [0.25, 0.3) is 0 Å². The molecule has 6 rings (SSSR count). The summed E-state index contributed by atoms with van der Waals surface area (Å²) in [6, 6.07) is 8.82. The van der Waals surface area contributed by atoms with Crippen LogP contribution in [0.25, 0.3) is 11.2 Å². The number of fused-ring (bicyclic) bond motifs is 2. The summed E-state index contributed by atoms with van der Waals surface area (Å²) in [5.74, 6) is 0.241. The number of aromatic nitrogens is 4. The number of hydrogen-bond acceptors (Lipinski definition) is 6. The minimum Gasteiger partial charge on any atom is -0.459 e. The average Bonchev–Trinajstić information content (AvgIpc) is 3.01. The van der Waals surface area contributed by atoms with Crippen LogP contribution in [0.4, 0.5) is 0 Å². The number of nitrogens with zero attached hydrogens (tertiary/aromatic N) is 4. The largest absolute Gasteiger partial charge is 0.459 e. The summed E-state index contributed by atoms with van der Waals surface area (Å²) in [5.41, 5.74) is 1.26. The van der Waals surface area contributed by atoms with E-state index in [0.717, 1.165) is 18.5 Å². The first-order valence-corrected chi connectivity index (χ1v) is 8.97. The maximum absolute atomic E-state index is 12.3. The molecule has 1 fully saturated rings. The maximum atomic E-state index is 12.3. The van der Waals surface area contributed by atoms with Crippen molar-refractivity contribution in [1.29, 1.82) is 0 Å². The van der Waals surface area contributed by atoms with E-state index < -0.39 is 0 Å². The molecule has 2 aromatic heterocycles. The highest BCUT2D eigenvalue weighted by Gasteiger charge is 2.40. The molecule has 3 aromatic rings. The van der Waals surface area contributed by atoms with E-state index in [2.05, 4.69) is 9.97 Å². The molecule has 5 heterocycles. The minimum atomic E-state index is -0.375. The van der Waals surface area contributed by atoms with Gasteiger partial charge in [-0.2, -0.15) is 4.98 Å². The zero-order valence-corrected chi connectivity index (χ0v) is 14.7. The number of aryl methyl sites for hydroxylation is 1.